The Bertz CT molecular complexity index is 696. The van der Waals surface area contributed by atoms with Crippen LogP contribution < -0.4 is 5.32 Å². The fourth-order valence-electron chi connectivity index (χ4n) is 2.91. The van der Waals surface area contributed by atoms with Crippen LogP contribution in [0, 0.1) is 5.92 Å². The Morgan fingerprint density at radius 3 is 2.90 bits per heavy atom. The van der Waals surface area contributed by atoms with Gasteiger partial charge in [0, 0.05) is 18.5 Å². The van der Waals surface area contributed by atoms with Crippen molar-refractivity contribution in [2.24, 2.45) is 5.92 Å². The summed E-state index contributed by atoms with van der Waals surface area (Å²) in [6.45, 7) is 0.676. The minimum Gasteiger partial charge on any atom is -0.477 e. The molecule has 0 saturated carbocycles. The number of hydrogen-bond acceptors (Lipinski definition) is 5. The van der Waals surface area contributed by atoms with Crippen molar-refractivity contribution in [1.82, 2.24) is 9.62 Å². The smallest absolute Gasteiger partial charge is 0.345 e. The van der Waals surface area contributed by atoms with Crippen LogP contribution >= 0.6 is 11.3 Å². The van der Waals surface area contributed by atoms with Crippen LogP contribution in [0.15, 0.2) is 16.3 Å². The number of aromatic carboxylic acids is 1. The van der Waals surface area contributed by atoms with Crippen LogP contribution in [0.2, 0.25) is 0 Å². The van der Waals surface area contributed by atoms with E-state index in [2.05, 4.69) is 5.32 Å². The summed E-state index contributed by atoms with van der Waals surface area (Å²) in [5.74, 6) is -1.54. The fraction of sp³-hybridized carbons (Fsp3) is 0.500. The van der Waals surface area contributed by atoms with E-state index in [4.69, 9.17) is 5.11 Å². The quantitative estimate of drug-likeness (QED) is 0.832. The highest BCUT2D eigenvalue weighted by Gasteiger charge is 2.45. The van der Waals surface area contributed by atoms with Gasteiger partial charge >= 0.3 is 5.97 Å². The van der Waals surface area contributed by atoms with E-state index in [9.17, 15) is 18.0 Å². The third-order valence-corrected chi connectivity index (χ3v) is 6.91. The molecule has 0 aliphatic carbocycles. The van der Waals surface area contributed by atoms with Crippen LogP contribution in [0.4, 0.5) is 0 Å². The molecule has 3 rings (SSSR count). The summed E-state index contributed by atoms with van der Waals surface area (Å²) in [7, 11) is -3.76. The molecule has 21 heavy (non-hydrogen) atoms. The highest BCUT2D eigenvalue weighted by molar-refractivity contribution is 7.89. The molecule has 3 heterocycles. The zero-order valence-electron chi connectivity index (χ0n) is 11.0. The maximum absolute atomic E-state index is 12.7. The summed E-state index contributed by atoms with van der Waals surface area (Å²) in [6, 6.07) is 0.806. The van der Waals surface area contributed by atoms with Gasteiger partial charge in [-0.1, -0.05) is 0 Å². The normalized spacial score (nSPS) is 26.4. The van der Waals surface area contributed by atoms with E-state index in [0.717, 1.165) is 11.3 Å². The van der Waals surface area contributed by atoms with Crippen molar-refractivity contribution < 1.29 is 23.1 Å². The highest BCUT2D eigenvalue weighted by atomic mass is 32.2. The number of hydrogen-bond donors (Lipinski definition) is 2. The third kappa shape index (κ3) is 2.34. The number of rotatable bonds is 3. The molecule has 1 aromatic rings. The second-order valence-electron chi connectivity index (χ2n) is 5.13. The molecule has 2 atom stereocenters. The van der Waals surface area contributed by atoms with E-state index in [1.807, 2.05) is 0 Å². The Labute approximate surface area is 125 Å². The van der Waals surface area contributed by atoms with E-state index in [0.29, 0.717) is 25.9 Å². The average Bonchev–Trinajstić information content (AvgIpc) is 3.06. The van der Waals surface area contributed by atoms with Gasteiger partial charge in [-0.05, 0) is 18.9 Å². The van der Waals surface area contributed by atoms with Crippen molar-refractivity contribution in [3.63, 3.8) is 0 Å². The van der Waals surface area contributed by atoms with Crippen molar-refractivity contribution in [3.8, 4) is 0 Å². The van der Waals surface area contributed by atoms with E-state index in [-0.39, 0.29) is 27.6 Å². The van der Waals surface area contributed by atoms with Crippen molar-refractivity contribution in [3.05, 3.63) is 16.3 Å². The van der Waals surface area contributed by atoms with Gasteiger partial charge in [0.1, 0.15) is 4.88 Å². The lowest BCUT2D eigenvalue weighted by Gasteiger charge is -2.34. The molecule has 114 valence electrons. The molecule has 0 aromatic carbocycles. The summed E-state index contributed by atoms with van der Waals surface area (Å²) in [5, 5.41) is 12.9. The van der Waals surface area contributed by atoms with Gasteiger partial charge < -0.3 is 10.4 Å². The lowest BCUT2D eigenvalue weighted by Crippen LogP contribution is -2.48. The first-order valence-corrected chi connectivity index (χ1v) is 8.84. The lowest BCUT2D eigenvalue weighted by molar-refractivity contribution is -0.123. The summed E-state index contributed by atoms with van der Waals surface area (Å²) in [6.07, 6.45) is 1.32. The zero-order valence-corrected chi connectivity index (χ0v) is 12.6. The highest BCUT2D eigenvalue weighted by Crippen LogP contribution is 2.33. The Balaban J connectivity index is 1.93. The van der Waals surface area contributed by atoms with Gasteiger partial charge in [-0.25, -0.2) is 13.2 Å². The van der Waals surface area contributed by atoms with Crippen molar-refractivity contribution >= 4 is 33.2 Å². The number of nitrogens with one attached hydrogen (secondary N) is 1. The SMILES string of the molecule is O=C(O)c1cc(S(=O)(=O)N2CCCC3C(=O)NCC32)cs1. The molecular formula is C12H14N2O5S2. The Hall–Kier alpha value is -1.45. The number of sulfonamides is 1. The molecule has 2 saturated heterocycles. The van der Waals surface area contributed by atoms with Gasteiger partial charge in [0.05, 0.1) is 16.9 Å². The molecular weight excluding hydrogens is 316 g/mol. The summed E-state index contributed by atoms with van der Waals surface area (Å²) in [4.78, 5) is 22.6. The second-order valence-corrected chi connectivity index (χ2v) is 7.93. The summed E-state index contributed by atoms with van der Waals surface area (Å²) in [5.41, 5.74) is 0. The fourth-order valence-corrected chi connectivity index (χ4v) is 5.71. The number of carbonyl (C=O) groups is 2. The predicted octanol–water partition coefficient (Wildman–Crippen LogP) is 0.345. The molecule has 0 radical (unpaired) electrons. The molecule has 9 heteroatoms. The molecule has 2 aliphatic heterocycles. The molecule has 2 unspecified atom stereocenters. The van der Waals surface area contributed by atoms with Crippen LogP contribution in [-0.2, 0) is 14.8 Å². The van der Waals surface area contributed by atoms with Crippen LogP contribution in [0.5, 0.6) is 0 Å². The second kappa shape index (κ2) is 5.08. The van der Waals surface area contributed by atoms with Crippen molar-refractivity contribution in [1.29, 1.82) is 0 Å². The number of amides is 1. The van der Waals surface area contributed by atoms with Gasteiger partial charge in [0.25, 0.3) is 0 Å². The van der Waals surface area contributed by atoms with E-state index in [1.165, 1.54) is 15.8 Å². The predicted molar refractivity (Wildman–Crippen MR) is 74.7 cm³/mol. The number of fused-ring (bicyclic) bond motifs is 1. The minimum atomic E-state index is -3.76. The standard InChI is InChI=1S/C12H14N2O5S2/c15-11-8-2-1-3-14(9(8)5-13-11)21(18,19)7-4-10(12(16)17)20-6-7/h4,6,8-9H,1-3,5H2,(H,13,15)(H,16,17). The maximum Gasteiger partial charge on any atom is 0.345 e. The largest absolute Gasteiger partial charge is 0.477 e. The Morgan fingerprint density at radius 2 is 2.24 bits per heavy atom. The van der Waals surface area contributed by atoms with Gasteiger partial charge in [-0.2, -0.15) is 4.31 Å². The van der Waals surface area contributed by atoms with Crippen molar-refractivity contribution in [2.45, 2.75) is 23.8 Å². The Morgan fingerprint density at radius 1 is 1.48 bits per heavy atom. The van der Waals surface area contributed by atoms with Gasteiger partial charge in [-0.3, -0.25) is 4.79 Å². The first-order valence-electron chi connectivity index (χ1n) is 6.52. The van der Waals surface area contributed by atoms with Crippen LogP contribution in [-0.4, -0.2) is 48.8 Å². The first-order chi connectivity index (χ1) is 9.91. The molecule has 0 bridgehead atoms. The van der Waals surface area contributed by atoms with E-state index < -0.39 is 16.0 Å². The number of thiophene rings is 1. The molecule has 1 amide bonds. The number of carboxylic acids is 1. The molecule has 2 N–H and O–H groups in total. The third-order valence-electron chi connectivity index (χ3n) is 3.94. The number of piperidine rings is 1. The maximum atomic E-state index is 12.7. The van der Waals surface area contributed by atoms with Gasteiger partial charge in [0.2, 0.25) is 15.9 Å². The van der Waals surface area contributed by atoms with Gasteiger partial charge in [-0.15, -0.1) is 11.3 Å². The van der Waals surface area contributed by atoms with Crippen LogP contribution in [0.1, 0.15) is 22.5 Å². The number of nitrogens with zero attached hydrogens (tertiary/aromatic N) is 1. The van der Waals surface area contributed by atoms with Gasteiger partial charge in [0.15, 0.2) is 0 Å². The molecule has 2 fully saturated rings. The topological polar surface area (TPSA) is 104 Å². The zero-order chi connectivity index (χ0) is 15.2. The number of carboxylic acid groups (broad SMARTS) is 1. The first kappa shape index (κ1) is 14.5. The average molecular weight is 330 g/mol. The van der Waals surface area contributed by atoms with Crippen molar-refractivity contribution in [2.75, 3.05) is 13.1 Å². The Kier molecular flexibility index (Phi) is 3.50. The molecule has 0 spiro atoms. The summed E-state index contributed by atoms with van der Waals surface area (Å²) >= 11 is 0.886. The summed E-state index contributed by atoms with van der Waals surface area (Å²) < 4.78 is 26.7. The van der Waals surface area contributed by atoms with Crippen LogP contribution in [0.3, 0.4) is 0 Å². The molecule has 2 aliphatic rings. The van der Waals surface area contributed by atoms with E-state index in [1.54, 1.807) is 0 Å². The van der Waals surface area contributed by atoms with Crippen LogP contribution in [0.25, 0.3) is 0 Å². The van der Waals surface area contributed by atoms with E-state index >= 15 is 0 Å². The lowest BCUT2D eigenvalue weighted by atomic mass is 9.93. The monoisotopic (exact) mass is 330 g/mol. The minimum absolute atomic E-state index is 0.00935. The number of carbonyl (C=O) groups excluding carboxylic acids is 1. The molecule has 7 nitrogen and oxygen atoms in total. The molecule has 1 aromatic heterocycles.